The van der Waals surface area contributed by atoms with Gasteiger partial charge < -0.3 is 20.4 Å². The zero-order chi connectivity index (χ0) is 17.8. The number of allylic oxidation sites excluding steroid dienone is 1. The van der Waals surface area contributed by atoms with Gasteiger partial charge in [0.2, 0.25) is 0 Å². The average molecular weight is 357 g/mol. The number of fused-ring (bicyclic) bond motifs is 1. The van der Waals surface area contributed by atoms with Crippen LogP contribution < -0.4 is 10.2 Å². The van der Waals surface area contributed by atoms with Gasteiger partial charge in [0.15, 0.2) is 5.13 Å². The number of rotatable bonds is 3. The summed E-state index contributed by atoms with van der Waals surface area (Å²) in [4.78, 5) is 6.32. The first-order valence-corrected chi connectivity index (χ1v) is 9.37. The minimum atomic E-state index is -0.640. The number of anilines is 2. The number of aliphatic hydroxyl groups excluding tert-OH is 2. The molecule has 2 aromatic rings. The Balaban J connectivity index is 1.58. The zero-order valence-electron chi connectivity index (χ0n) is 14.5. The quantitative estimate of drug-likeness (QED) is 0.788. The first-order chi connectivity index (χ1) is 11.9. The van der Waals surface area contributed by atoms with E-state index in [2.05, 4.69) is 47.2 Å². The van der Waals surface area contributed by atoms with Crippen molar-refractivity contribution in [3.63, 3.8) is 0 Å². The minimum Gasteiger partial charge on any atom is -0.390 e. The molecule has 0 amide bonds. The number of para-hydroxylation sites is 1. The van der Waals surface area contributed by atoms with Crippen LogP contribution in [0.25, 0.3) is 0 Å². The van der Waals surface area contributed by atoms with Crippen LogP contribution in [0, 0.1) is 5.92 Å². The standard InChI is InChI=1S/C19H23N3O2S/c1-19(2)12-6-4-5-7-13(12)22(3)14(19)10-11-16(23)15(17(11)24)21-18-20-8-9-25-18/h4-11,15-17,23-24H,1-3H3,(H,20,21). The van der Waals surface area contributed by atoms with E-state index in [0.29, 0.717) is 0 Å². The van der Waals surface area contributed by atoms with Gasteiger partial charge in [-0.2, -0.15) is 0 Å². The van der Waals surface area contributed by atoms with Crippen LogP contribution in [0.4, 0.5) is 10.8 Å². The molecule has 1 saturated carbocycles. The van der Waals surface area contributed by atoms with Crippen molar-refractivity contribution in [1.29, 1.82) is 0 Å². The molecule has 2 unspecified atom stereocenters. The van der Waals surface area contributed by atoms with E-state index in [1.165, 1.54) is 22.6 Å². The van der Waals surface area contributed by atoms with Crippen molar-refractivity contribution in [2.24, 2.45) is 5.92 Å². The van der Waals surface area contributed by atoms with E-state index in [-0.39, 0.29) is 17.4 Å². The summed E-state index contributed by atoms with van der Waals surface area (Å²) in [6.45, 7) is 4.37. The summed E-state index contributed by atoms with van der Waals surface area (Å²) in [5.41, 5.74) is 3.41. The number of hydrogen-bond acceptors (Lipinski definition) is 6. The van der Waals surface area contributed by atoms with E-state index in [9.17, 15) is 10.2 Å². The van der Waals surface area contributed by atoms with Gasteiger partial charge in [-0.05, 0) is 11.6 Å². The highest BCUT2D eigenvalue weighted by atomic mass is 32.1. The maximum atomic E-state index is 10.6. The second kappa shape index (κ2) is 5.83. The van der Waals surface area contributed by atoms with E-state index >= 15 is 0 Å². The van der Waals surface area contributed by atoms with Gasteiger partial charge in [0.05, 0.1) is 18.2 Å². The molecule has 1 aromatic heterocycles. The van der Waals surface area contributed by atoms with Crippen LogP contribution in [-0.4, -0.2) is 40.5 Å². The van der Waals surface area contributed by atoms with Crippen molar-refractivity contribution in [1.82, 2.24) is 4.98 Å². The molecule has 2 heterocycles. The molecule has 4 rings (SSSR count). The summed E-state index contributed by atoms with van der Waals surface area (Å²) < 4.78 is 0. The molecule has 0 saturated heterocycles. The summed E-state index contributed by atoms with van der Waals surface area (Å²) in [5, 5.41) is 26.8. The number of benzene rings is 1. The number of nitrogens with zero attached hydrogens (tertiary/aromatic N) is 2. The van der Waals surface area contributed by atoms with E-state index in [4.69, 9.17) is 0 Å². The number of aromatic nitrogens is 1. The third-order valence-electron chi connectivity index (χ3n) is 5.54. The number of nitrogens with one attached hydrogen (secondary N) is 1. The summed E-state index contributed by atoms with van der Waals surface area (Å²) in [6.07, 6.45) is 2.46. The summed E-state index contributed by atoms with van der Waals surface area (Å²) in [6, 6.07) is 7.96. The zero-order valence-corrected chi connectivity index (χ0v) is 15.4. The predicted octanol–water partition coefficient (Wildman–Crippen LogP) is 2.59. The van der Waals surface area contributed by atoms with Gasteiger partial charge in [-0.1, -0.05) is 38.1 Å². The lowest BCUT2D eigenvalue weighted by Crippen LogP contribution is -2.62. The molecular formula is C19H23N3O2S. The molecule has 0 radical (unpaired) electrons. The summed E-state index contributed by atoms with van der Waals surface area (Å²) >= 11 is 1.46. The summed E-state index contributed by atoms with van der Waals surface area (Å²) in [5.74, 6) is -0.288. The monoisotopic (exact) mass is 357 g/mol. The predicted molar refractivity (Wildman–Crippen MR) is 101 cm³/mol. The Kier molecular flexibility index (Phi) is 3.86. The molecule has 2 aliphatic rings. The SMILES string of the molecule is CN1C(=CC2C(O)C(Nc3nccs3)C2O)C(C)(C)c2ccccc21. The molecule has 1 aromatic carbocycles. The maximum Gasteiger partial charge on any atom is 0.182 e. The molecule has 132 valence electrons. The van der Waals surface area contributed by atoms with Crippen molar-refractivity contribution < 1.29 is 10.2 Å². The lowest BCUT2D eigenvalue weighted by molar-refractivity contribution is -0.0824. The molecule has 3 N–H and O–H groups in total. The molecule has 6 heteroatoms. The fraction of sp³-hybridized carbons (Fsp3) is 0.421. The average Bonchev–Trinajstić information content (AvgIpc) is 3.18. The van der Waals surface area contributed by atoms with Crippen LogP contribution in [-0.2, 0) is 5.41 Å². The maximum absolute atomic E-state index is 10.6. The second-order valence-electron chi connectivity index (χ2n) is 7.32. The van der Waals surface area contributed by atoms with E-state index < -0.39 is 12.2 Å². The normalized spacial score (nSPS) is 31.7. The van der Waals surface area contributed by atoms with Crippen molar-refractivity contribution in [2.45, 2.75) is 37.5 Å². The molecule has 0 bridgehead atoms. The molecule has 0 spiro atoms. The molecule has 25 heavy (non-hydrogen) atoms. The second-order valence-corrected chi connectivity index (χ2v) is 8.21. The first kappa shape index (κ1) is 16.6. The molecule has 1 aliphatic carbocycles. The van der Waals surface area contributed by atoms with Crippen LogP contribution in [0.5, 0.6) is 0 Å². The van der Waals surface area contributed by atoms with Crippen molar-refractivity contribution in [3.05, 3.63) is 53.2 Å². The van der Waals surface area contributed by atoms with Crippen molar-refractivity contribution in [2.75, 3.05) is 17.3 Å². The number of thiazole rings is 1. The molecule has 1 fully saturated rings. The highest BCUT2D eigenvalue weighted by Gasteiger charge is 2.50. The Morgan fingerprint density at radius 3 is 2.60 bits per heavy atom. The molecular weight excluding hydrogens is 334 g/mol. The minimum absolute atomic E-state index is 0.154. The van der Waals surface area contributed by atoms with Crippen LogP contribution in [0.1, 0.15) is 19.4 Å². The Bertz CT molecular complexity index is 793. The lowest BCUT2D eigenvalue weighted by Gasteiger charge is -2.46. The van der Waals surface area contributed by atoms with Crippen LogP contribution in [0.15, 0.2) is 47.6 Å². The third kappa shape index (κ3) is 2.47. The van der Waals surface area contributed by atoms with Crippen molar-refractivity contribution in [3.8, 4) is 0 Å². The van der Waals surface area contributed by atoms with Crippen LogP contribution in [0.2, 0.25) is 0 Å². The molecule has 1 aliphatic heterocycles. The largest absolute Gasteiger partial charge is 0.390 e. The van der Waals surface area contributed by atoms with Crippen molar-refractivity contribution >= 4 is 22.2 Å². The first-order valence-electron chi connectivity index (χ1n) is 8.49. The van der Waals surface area contributed by atoms with Crippen LogP contribution >= 0.6 is 11.3 Å². The van der Waals surface area contributed by atoms with Gasteiger partial charge in [0.25, 0.3) is 0 Å². The Morgan fingerprint density at radius 2 is 1.96 bits per heavy atom. The number of hydrogen-bond donors (Lipinski definition) is 3. The smallest absolute Gasteiger partial charge is 0.182 e. The Morgan fingerprint density at radius 1 is 1.24 bits per heavy atom. The van der Waals surface area contributed by atoms with Gasteiger partial charge in [-0.3, -0.25) is 0 Å². The Hall–Kier alpha value is -1.89. The van der Waals surface area contributed by atoms with E-state index in [1.807, 2.05) is 24.6 Å². The van der Waals surface area contributed by atoms with Gasteiger partial charge in [-0.15, -0.1) is 11.3 Å². The van der Waals surface area contributed by atoms with Gasteiger partial charge in [0, 0.05) is 41.3 Å². The van der Waals surface area contributed by atoms with Gasteiger partial charge >= 0.3 is 0 Å². The fourth-order valence-electron chi connectivity index (χ4n) is 4.03. The fourth-order valence-corrected chi connectivity index (χ4v) is 4.60. The number of aliphatic hydroxyl groups is 2. The topological polar surface area (TPSA) is 68.6 Å². The summed E-state index contributed by atoms with van der Waals surface area (Å²) in [7, 11) is 2.04. The molecule has 2 atom stereocenters. The lowest BCUT2D eigenvalue weighted by atomic mass is 9.71. The highest BCUT2D eigenvalue weighted by Crippen LogP contribution is 2.48. The van der Waals surface area contributed by atoms with E-state index in [0.717, 1.165) is 10.8 Å². The third-order valence-corrected chi connectivity index (χ3v) is 6.24. The van der Waals surface area contributed by atoms with E-state index in [1.54, 1.807) is 6.20 Å². The number of likely N-dealkylation sites (N-methyl/N-ethyl adjacent to an activating group) is 1. The van der Waals surface area contributed by atoms with Gasteiger partial charge in [-0.25, -0.2) is 4.98 Å². The van der Waals surface area contributed by atoms with Crippen LogP contribution in [0.3, 0.4) is 0 Å². The highest BCUT2D eigenvalue weighted by molar-refractivity contribution is 7.13. The van der Waals surface area contributed by atoms with Gasteiger partial charge in [0.1, 0.15) is 0 Å². The molecule has 5 nitrogen and oxygen atoms in total. The Labute approximate surface area is 151 Å².